The van der Waals surface area contributed by atoms with Crippen LogP contribution in [0.3, 0.4) is 0 Å². The molecule has 0 aliphatic heterocycles. The Bertz CT molecular complexity index is 319. The third kappa shape index (κ3) is 3.45. The summed E-state index contributed by atoms with van der Waals surface area (Å²) in [4.78, 5) is 0. The third-order valence-corrected chi connectivity index (χ3v) is 2.51. The van der Waals surface area contributed by atoms with Crippen molar-refractivity contribution in [1.82, 2.24) is 5.32 Å². The van der Waals surface area contributed by atoms with E-state index in [9.17, 15) is 4.39 Å². The van der Waals surface area contributed by atoms with E-state index < -0.39 is 0 Å². The van der Waals surface area contributed by atoms with Crippen LogP contribution in [0.5, 0.6) is 0 Å². The summed E-state index contributed by atoms with van der Waals surface area (Å²) >= 11 is 5.99. The molecule has 0 saturated carbocycles. The topological polar surface area (TPSA) is 21.3 Å². The van der Waals surface area contributed by atoms with E-state index in [1.165, 1.54) is 12.1 Å². The van der Waals surface area contributed by atoms with Crippen molar-refractivity contribution in [2.75, 3.05) is 20.3 Å². The molecule has 1 aromatic carbocycles. The van der Waals surface area contributed by atoms with Crippen LogP contribution >= 0.6 is 11.6 Å². The highest BCUT2D eigenvalue weighted by Crippen LogP contribution is 2.23. The van der Waals surface area contributed by atoms with Gasteiger partial charge in [0.15, 0.2) is 0 Å². The lowest BCUT2D eigenvalue weighted by Gasteiger charge is -2.17. The molecule has 0 saturated heterocycles. The zero-order valence-electron chi connectivity index (χ0n) is 8.89. The minimum Gasteiger partial charge on any atom is -0.380 e. The van der Waals surface area contributed by atoms with Crippen LogP contribution in [0.4, 0.5) is 4.39 Å². The van der Waals surface area contributed by atoms with Crippen LogP contribution in [0, 0.1) is 5.82 Å². The quantitative estimate of drug-likeness (QED) is 0.842. The standard InChI is InChI=1S/C11H15ClFNO/c1-3-15-7-11(14-2)9-6-8(13)4-5-10(9)12/h4-6,11,14H,3,7H2,1-2H3. The molecule has 0 radical (unpaired) electrons. The molecule has 1 unspecified atom stereocenters. The second-order valence-corrected chi connectivity index (χ2v) is 3.57. The zero-order chi connectivity index (χ0) is 11.3. The minimum atomic E-state index is -0.286. The normalized spacial score (nSPS) is 12.8. The van der Waals surface area contributed by atoms with Gasteiger partial charge in [-0.1, -0.05) is 11.6 Å². The van der Waals surface area contributed by atoms with Crippen LogP contribution in [0.2, 0.25) is 5.02 Å². The molecule has 1 N–H and O–H groups in total. The summed E-state index contributed by atoms with van der Waals surface area (Å²) in [6, 6.07) is 4.26. The first-order valence-corrected chi connectivity index (χ1v) is 5.26. The van der Waals surface area contributed by atoms with Crippen molar-refractivity contribution in [1.29, 1.82) is 0 Å². The molecule has 0 aliphatic rings. The van der Waals surface area contributed by atoms with Gasteiger partial charge in [0.05, 0.1) is 12.6 Å². The molecule has 2 nitrogen and oxygen atoms in total. The van der Waals surface area contributed by atoms with E-state index in [0.29, 0.717) is 18.2 Å². The SMILES string of the molecule is CCOCC(NC)c1cc(F)ccc1Cl. The average Bonchev–Trinajstić information content (AvgIpc) is 2.24. The van der Waals surface area contributed by atoms with E-state index in [4.69, 9.17) is 16.3 Å². The van der Waals surface area contributed by atoms with Crippen molar-refractivity contribution in [2.45, 2.75) is 13.0 Å². The second kappa shape index (κ2) is 6.05. The fraction of sp³-hybridized carbons (Fsp3) is 0.455. The molecule has 0 aliphatic carbocycles. The molecule has 1 atom stereocenters. The van der Waals surface area contributed by atoms with Gasteiger partial charge in [0, 0.05) is 11.6 Å². The Morgan fingerprint density at radius 3 is 2.87 bits per heavy atom. The van der Waals surface area contributed by atoms with Crippen LogP contribution in [0.15, 0.2) is 18.2 Å². The van der Waals surface area contributed by atoms with E-state index in [1.54, 1.807) is 13.1 Å². The first kappa shape index (κ1) is 12.4. The van der Waals surface area contributed by atoms with Gasteiger partial charge < -0.3 is 10.1 Å². The summed E-state index contributed by atoms with van der Waals surface area (Å²) in [6.07, 6.45) is 0. The van der Waals surface area contributed by atoms with Crippen molar-refractivity contribution in [3.8, 4) is 0 Å². The predicted molar refractivity (Wildman–Crippen MR) is 59.7 cm³/mol. The summed E-state index contributed by atoms with van der Waals surface area (Å²) in [5.74, 6) is -0.286. The van der Waals surface area contributed by atoms with Crippen LogP contribution in [0.1, 0.15) is 18.5 Å². The van der Waals surface area contributed by atoms with Crippen LogP contribution < -0.4 is 5.32 Å². The number of rotatable bonds is 5. The van der Waals surface area contributed by atoms with E-state index >= 15 is 0 Å². The van der Waals surface area contributed by atoms with Gasteiger partial charge >= 0.3 is 0 Å². The fourth-order valence-electron chi connectivity index (χ4n) is 1.35. The number of halogens is 2. The Labute approximate surface area is 94.4 Å². The maximum absolute atomic E-state index is 13.0. The zero-order valence-corrected chi connectivity index (χ0v) is 9.64. The monoisotopic (exact) mass is 231 g/mol. The molecule has 0 heterocycles. The first-order chi connectivity index (χ1) is 7.19. The molecule has 4 heteroatoms. The lowest BCUT2D eigenvalue weighted by atomic mass is 10.1. The van der Waals surface area contributed by atoms with E-state index in [2.05, 4.69) is 5.32 Å². The molecule has 1 rings (SSSR count). The summed E-state index contributed by atoms with van der Waals surface area (Å²) in [5, 5.41) is 3.60. The second-order valence-electron chi connectivity index (χ2n) is 3.17. The maximum Gasteiger partial charge on any atom is 0.123 e. The highest BCUT2D eigenvalue weighted by atomic mass is 35.5. The predicted octanol–water partition coefficient (Wildman–Crippen LogP) is 2.78. The summed E-state index contributed by atoms with van der Waals surface area (Å²) in [5.41, 5.74) is 0.729. The Balaban J connectivity index is 2.85. The minimum absolute atomic E-state index is 0.0758. The van der Waals surface area contributed by atoms with Gasteiger partial charge in [0.2, 0.25) is 0 Å². The van der Waals surface area contributed by atoms with Crippen LogP contribution in [0.25, 0.3) is 0 Å². The van der Waals surface area contributed by atoms with Gasteiger partial charge in [-0.05, 0) is 37.7 Å². The van der Waals surface area contributed by atoms with Crippen molar-refractivity contribution < 1.29 is 9.13 Å². The summed E-state index contributed by atoms with van der Waals surface area (Å²) < 4.78 is 18.3. The Hall–Kier alpha value is -0.640. The Morgan fingerprint density at radius 1 is 1.53 bits per heavy atom. The van der Waals surface area contributed by atoms with Crippen molar-refractivity contribution >= 4 is 11.6 Å². The molecule has 0 fully saturated rings. The lowest BCUT2D eigenvalue weighted by molar-refractivity contribution is 0.125. The maximum atomic E-state index is 13.0. The third-order valence-electron chi connectivity index (χ3n) is 2.17. The number of benzene rings is 1. The van der Waals surface area contributed by atoms with Crippen molar-refractivity contribution in [3.05, 3.63) is 34.6 Å². The largest absolute Gasteiger partial charge is 0.380 e. The smallest absolute Gasteiger partial charge is 0.123 e. The first-order valence-electron chi connectivity index (χ1n) is 4.89. The molecular weight excluding hydrogens is 217 g/mol. The lowest BCUT2D eigenvalue weighted by Crippen LogP contribution is -2.22. The molecule has 1 aromatic rings. The van der Waals surface area contributed by atoms with Gasteiger partial charge in [0.1, 0.15) is 5.82 Å². The number of ether oxygens (including phenoxy) is 1. The van der Waals surface area contributed by atoms with Gasteiger partial charge in [0.25, 0.3) is 0 Å². The highest BCUT2D eigenvalue weighted by Gasteiger charge is 2.13. The summed E-state index contributed by atoms with van der Waals surface area (Å²) in [7, 11) is 1.80. The van der Waals surface area contributed by atoms with E-state index in [1.807, 2.05) is 6.92 Å². The van der Waals surface area contributed by atoms with E-state index in [-0.39, 0.29) is 11.9 Å². The Kier molecular flexibility index (Phi) is 5.02. The highest BCUT2D eigenvalue weighted by molar-refractivity contribution is 6.31. The van der Waals surface area contributed by atoms with Crippen LogP contribution in [-0.2, 0) is 4.74 Å². The molecule has 0 bridgehead atoms. The van der Waals surface area contributed by atoms with Gasteiger partial charge in [-0.25, -0.2) is 4.39 Å². The molecule has 0 spiro atoms. The van der Waals surface area contributed by atoms with Crippen molar-refractivity contribution in [2.24, 2.45) is 0 Å². The number of hydrogen-bond donors (Lipinski definition) is 1. The number of nitrogens with one attached hydrogen (secondary N) is 1. The molecule has 15 heavy (non-hydrogen) atoms. The molecule has 0 aromatic heterocycles. The fourth-order valence-corrected chi connectivity index (χ4v) is 1.60. The Morgan fingerprint density at radius 2 is 2.27 bits per heavy atom. The average molecular weight is 232 g/mol. The molecular formula is C11H15ClFNO. The summed E-state index contributed by atoms with van der Waals surface area (Å²) in [6.45, 7) is 3.03. The van der Waals surface area contributed by atoms with Crippen LogP contribution in [-0.4, -0.2) is 20.3 Å². The number of likely N-dealkylation sites (N-methyl/N-ethyl adjacent to an activating group) is 1. The molecule has 84 valence electrons. The van der Waals surface area contributed by atoms with E-state index in [0.717, 1.165) is 5.56 Å². The van der Waals surface area contributed by atoms with Gasteiger partial charge in [-0.2, -0.15) is 0 Å². The number of hydrogen-bond acceptors (Lipinski definition) is 2. The van der Waals surface area contributed by atoms with Gasteiger partial charge in [-0.3, -0.25) is 0 Å². The van der Waals surface area contributed by atoms with Crippen molar-refractivity contribution in [3.63, 3.8) is 0 Å². The van der Waals surface area contributed by atoms with Gasteiger partial charge in [-0.15, -0.1) is 0 Å². The molecule has 0 amide bonds.